The third-order valence-electron chi connectivity index (χ3n) is 7.23. The van der Waals surface area contributed by atoms with Gasteiger partial charge in [-0.15, -0.1) is 0 Å². The van der Waals surface area contributed by atoms with Crippen LogP contribution in [0.4, 0.5) is 19.3 Å². The second-order valence-corrected chi connectivity index (χ2v) is 14.0. The number of aromatic nitrogens is 5. The summed E-state index contributed by atoms with van der Waals surface area (Å²) in [6, 6.07) is 5.05. The number of benzene rings is 1. The number of hydrogen-bond donors (Lipinski definition) is 2. The van der Waals surface area contributed by atoms with Crippen LogP contribution in [0, 0.1) is 0 Å². The highest BCUT2D eigenvalue weighted by Gasteiger charge is 2.39. The van der Waals surface area contributed by atoms with Crippen LogP contribution < -0.4 is 10.1 Å². The van der Waals surface area contributed by atoms with E-state index in [9.17, 15) is 27.1 Å². The molecule has 2 fully saturated rings. The van der Waals surface area contributed by atoms with Crippen molar-refractivity contribution >= 4 is 27.3 Å². The number of alkyl halides is 2. The summed E-state index contributed by atoms with van der Waals surface area (Å²) in [5.74, 6) is -0.292. The molecule has 2 N–H and O–H groups in total. The zero-order chi connectivity index (χ0) is 31.4. The van der Waals surface area contributed by atoms with Gasteiger partial charge in [-0.05, 0) is 57.9 Å². The average molecular weight is 632 g/mol. The molecule has 3 aromatic heterocycles. The molecule has 1 saturated heterocycles. The molecule has 2 aliphatic rings. The normalized spacial score (nSPS) is 16.7. The lowest BCUT2D eigenvalue weighted by Crippen LogP contribution is -2.52. The van der Waals surface area contributed by atoms with Gasteiger partial charge < -0.3 is 24.8 Å². The number of halogens is 2. The first-order valence-corrected chi connectivity index (χ1v) is 15.5. The molecule has 0 radical (unpaired) electrons. The van der Waals surface area contributed by atoms with Crippen LogP contribution >= 0.6 is 0 Å². The fourth-order valence-corrected chi connectivity index (χ4v) is 6.57. The fraction of sp³-hybridized carbons (Fsp3) is 0.429. The molecule has 1 aromatic carbocycles. The second kappa shape index (κ2) is 11.0. The summed E-state index contributed by atoms with van der Waals surface area (Å²) < 4.78 is 66.4. The van der Waals surface area contributed by atoms with E-state index < -0.39 is 39.6 Å². The Morgan fingerprint density at radius 3 is 2.64 bits per heavy atom. The number of anilines is 1. The minimum Gasteiger partial charge on any atom is -0.444 e. The molecule has 4 aromatic rings. The van der Waals surface area contributed by atoms with Crippen LogP contribution in [-0.4, -0.2) is 79.4 Å². The monoisotopic (exact) mass is 631 g/mol. The van der Waals surface area contributed by atoms with Gasteiger partial charge >= 0.3 is 12.7 Å². The van der Waals surface area contributed by atoms with Crippen molar-refractivity contribution in [3.8, 4) is 17.0 Å². The van der Waals surface area contributed by atoms with Crippen molar-refractivity contribution in [2.45, 2.75) is 68.2 Å². The van der Waals surface area contributed by atoms with Crippen LogP contribution in [0.25, 0.3) is 16.9 Å². The summed E-state index contributed by atoms with van der Waals surface area (Å²) >= 11 is 0. The number of sulfone groups is 1. The van der Waals surface area contributed by atoms with Crippen molar-refractivity contribution < 1.29 is 36.6 Å². The zero-order valence-corrected chi connectivity index (χ0v) is 24.9. The Hall–Kier alpha value is -4.31. The van der Waals surface area contributed by atoms with Crippen molar-refractivity contribution in [3.05, 3.63) is 54.6 Å². The summed E-state index contributed by atoms with van der Waals surface area (Å²) in [4.78, 5) is 18.2. The van der Waals surface area contributed by atoms with Crippen molar-refractivity contribution in [1.82, 2.24) is 29.3 Å². The van der Waals surface area contributed by atoms with Crippen LogP contribution in [-0.2, 0) is 14.6 Å². The maximum absolute atomic E-state index is 13.5. The number of carbonyl (C=O) groups is 1. The Kier molecular flexibility index (Phi) is 7.44. The van der Waals surface area contributed by atoms with E-state index in [1.807, 2.05) is 0 Å². The Labute approximate surface area is 251 Å². The molecule has 4 heterocycles. The van der Waals surface area contributed by atoms with Crippen molar-refractivity contribution in [2.24, 2.45) is 0 Å². The van der Waals surface area contributed by atoms with Gasteiger partial charge in [0.05, 0.1) is 33.6 Å². The number of nitrogens with one attached hydrogen (secondary N) is 1. The third kappa shape index (κ3) is 5.91. The van der Waals surface area contributed by atoms with Gasteiger partial charge in [-0.3, -0.25) is 4.68 Å². The van der Waals surface area contributed by atoms with Crippen LogP contribution in [0.1, 0.15) is 51.4 Å². The van der Waals surface area contributed by atoms with E-state index >= 15 is 0 Å². The third-order valence-corrected chi connectivity index (χ3v) is 9.49. The largest absolute Gasteiger partial charge is 0.444 e. The first-order valence-electron chi connectivity index (χ1n) is 13.9. The summed E-state index contributed by atoms with van der Waals surface area (Å²) in [7, 11) is -3.70. The van der Waals surface area contributed by atoms with E-state index in [0.29, 0.717) is 24.1 Å². The standard InChI is InChI=1S/C28H31F2N7O6S/c1-28(2,3)43-27(39)35-13-16(14-35)37-15-21(33-25(38)20-12-32-36-10-4-9-31-24(20)36)23(34-37)19-11-18(44(40,41)17-5-6-17)7-8-22(19)42-26(29)30/h4,7-12,15-17,25-26,33,38H,5-6,13-14H2,1-3H3. The van der Waals surface area contributed by atoms with Gasteiger partial charge in [0, 0.05) is 37.2 Å². The zero-order valence-electron chi connectivity index (χ0n) is 24.1. The summed E-state index contributed by atoms with van der Waals surface area (Å²) in [5, 5.41) is 22.4. The van der Waals surface area contributed by atoms with Crippen LogP contribution in [0.3, 0.4) is 0 Å². The second-order valence-electron chi connectivity index (χ2n) is 11.7. The Bertz CT molecular complexity index is 1810. The lowest BCUT2D eigenvalue weighted by molar-refractivity contribution is -0.0495. The average Bonchev–Trinajstić information content (AvgIpc) is 3.58. The Morgan fingerprint density at radius 2 is 1.95 bits per heavy atom. The Morgan fingerprint density at radius 1 is 1.20 bits per heavy atom. The number of ether oxygens (including phenoxy) is 2. The smallest absolute Gasteiger partial charge is 0.410 e. The number of nitrogens with zero attached hydrogens (tertiary/aromatic N) is 6. The van der Waals surface area contributed by atoms with Gasteiger partial charge in [-0.25, -0.2) is 22.7 Å². The number of hydrogen-bond acceptors (Lipinski definition) is 10. The van der Waals surface area contributed by atoms with Gasteiger partial charge in [-0.1, -0.05) is 0 Å². The first-order chi connectivity index (χ1) is 20.8. The van der Waals surface area contributed by atoms with E-state index in [1.165, 1.54) is 38.5 Å². The molecule has 16 heteroatoms. The molecule has 6 rings (SSSR count). The summed E-state index contributed by atoms with van der Waals surface area (Å²) in [6.07, 6.45) is 5.38. The molecular formula is C28H31F2N7O6S. The topological polar surface area (TPSA) is 153 Å². The molecule has 1 unspecified atom stereocenters. The molecule has 234 valence electrons. The van der Waals surface area contributed by atoms with Crippen molar-refractivity contribution in [1.29, 1.82) is 0 Å². The molecule has 1 saturated carbocycles. The molecule has 1 amide bonds. The minimum absolute atomic E-state index is 0.0122. The summed E-state index contributed by atoms with van der Waals surface area (Å²) in [6.45, 7) is 2.62. The predicted octanol–water partition coefficient (Wildman–Crippen LogP) is 4.03. The molecule has 0 bridgehead atoms. The van der Waals surface area contributed by atoms with Gasteiger partial charge in [0.1, 0.15) is 17.0 Å². The Balaban J connectivity index is 1.38. The fourth-order valence-electron chi connectivity index (χ4n) is 4.89. The number of likely N-dealkylation sites (tertiary alicyclic amines) is 1. The van der Waals surface area contributed by atoms with Crippen molar-refractivity contribution in [3.63, 3.8) is 0 Å². The lowest BCUT2D eigenvalue weighted by Gasteiger charge is -2.39. The number of aliphatic hydroxyl groups is 1. The van der Waals surface area contributed by atoms with E-state index in [4.69, 9.17) is 9.47 Å². The molecule has 13 nitrogen and oxygen atoms in total. The number of rotatable bonds is 9. The van der Waals surface area contributed by atoms with E-state index in [1.54, 1.807) is 45.4 Å². The van der Waals surface area contributed by atoms with E-state index in [-0.39, 0.29) is 46.7 Å². The quantitative estimate of drug-likeness (QED) is 0.259. The highest BCUT2D eigenvalue weighted by Crippen LogP contribution is 2.41. The van der Waals surface area contributed by atoms with Gasteiger partial charge in [0.25, 0.3) is 0 Å². The maximum atomic E-state index is 13.5. The van der Waals surface area contributed by atoms with Gasteiger partial charge in [0.15, 0.2) is 21.7 Å². The number of carbonyl (C=O) groups excluding carboxylic acids is 1. The molecule has 1 atom stereocenters. The highest BCUT2D eigenvalue weighted by atomic mass is 32.2. The number of fused-ring (bicyclic) bond motifs is 1. The maximum Gasteiger partial charge on any atom is 0.410 e. The van der Waals surface area contributed by atoms with E-state index in [2.05, 4.69) is 20.5 Å². The summed E-state index contributed by atoms with van der Waals surface area (Å²) in [5.41, 5.74) is 0.289. The molecular weight excluding hydrogens is 600 g/mol. The molecule has 1 aliphatic carbocycles. The van der Waals surface area contributed by atoms with E-state index in [0.717, 1.165) is 0 Å². The van der Waals surface area contributed by atoms with Gasteiger partial charge in [0.2, 0.25) is 0 Å². The number of aliphatic hydroxyl groups excluding tert-OH is 1. The molecule has 0 spiro atoms. The number of amides is 1. The van der Waals surface area contributed by atoms with Crippen LogP contribution in [0.5, 0.6) is 5.75 Å². The predicted molar refractivity (Wildman–Crippen MR) is 153 cm³/mol. The first kappa shape index (κ1) is 29.7. The minimum atomic E-state index is -3.70. The lowest BCUT2D eigenvalue weighted by atomic mass is 10.1. The molecule has 1 aliphatic heterocycles. The van der Waals surface area contributed by atoms with Gasteiger partial charge in [-0.2, -0.15) is 19.0 Å². The van der Waals surface area contributed by atoms with Crippen LogP contribution in [0.15, 0.2) is 53.9 Å². The SMILES string of the molecule is CC(C)(C)OC(=O)N1CC(n2cc(NC(O)c3cnn4cccnc34)c(-c3cc(S(=O)(=O)C4CC4)ccc3OC(F)F)n2)C1. The van der Waals surface area contributed by atoms with Crippen molar-refractivity contribution in [2.75, 3.05) is 18.4 Å². The highest BCUT2D eigenvalue weighted by molar-refractivity contribution is 7.92. The van der Waals surface area contributed by atoms with Crippen LogP contribution in [0.2, 0.25) is 0 Å². The molecule has 44 heavy (non-hydrogen) atoms.